The van der Waals surface area contributed by atoms with Gasteiger partial charge < -0.3 is 14.9 Å². The normalized spacial score (nSPS) is 32.8. The van der Waals surface area contributed by atoms with Crippen LogP contribution in [0.15, 0.2) is 0 Å². The van der Waals surface area contributed by atoms with Crippen molar-refractivity contribution in [3.63, 3.8) is 0 Å². The van der Waals surface area contributed by atoms with Crippen LogP contribution in [0.3, 0.4) is 0 Å². The Morgan fingerprint density at radius 3 is 2.35 bits per heavy atom. The van der Waals surface area contributed by atoms with Crippen LogP contribution in [0.25, 0.3) is 0 Å². The van der Waals surface area contributed by atoms with E-state index in [0.717, 1.165) is 32.1 Å². The van der Waals surface area contributed by atoms with Crippen molar-refractivity contribution in [1.82, 2.24) is 0 Å². The van der Waals surface area contributed by atoms with Crippen molar-refractivity contribution in [2.45, 2.75) is 58.5 Å². The molecule has 0 radical (unpaired) electrons. The zero-order chi connectivity index (χ0) is 13.2. The van der Waals surface area contributed by atoms with Crippen LogP contribution in [0, 0.1) is 10.8 Å². The molecule has 2 N–H and O–H groups in total. The monoisotopic (exact) mass is 244 g/mol. The standard InChI is InChI=1S/C14H28O3/c1-12(2)6-5-7-14(16,9-8-12)13(3,10-15)11-17-4/h15-16H,5-11H2,1-4H3. The summed E-state index contributed by atoms with van der Waals surface area (Å²) in [5.74, 6) is 0. The molecular weight excluding hydrogens is 216 g/mol. The molecule has 3 heteroatoms. The molecule has 0 aromatic carbocycles. The van der Waals surface area contributed by atoms with Crippen molar-refractivity contribution in [1.29, 1.82) is 0 Å². The van der Waals surface area contributed by atoms with Crippen LogP contribution >= 0.6 is 0 Å². The predicted octanol–water partition coefficient (Wildman–Crippen LogP) is 2.35. The lowest BCUT2D eigenvalue weighted by Gasteiger charge is -2.43. The van der Waals surface area contributed by atoms with Crippen LogP contribution < -0.4 is 0 Å². The van der Waals surface area contributed by atoms with E-state index in [1.165, 1.54) is 0 Å². The first-order chi connectivity index (χ1) is 7.79. The van der Waals surface area contributed by atoms with Crippen molar-refractivity contribution in [2.24, 2.45) is 10.8 Å². The molecule has 1 aliphatic rings. The molecule has 17 heavy (non-hydrogen) atoms. The molecular formula is C14H28O3. The molecule has 0 spiro atoms. The zero-order valence-electron chi connectivity index (χ0n) is 11.8. The minimum atomic E-state index is -0.800. The van der Waals surface area contributed by atoms with E-state index in [2.05, 4.69) is 13.8 Å². The largest absolute Gasteiger partial charge is 0.396 e. The summed E-state index contributed by atoms with van der Waals surface area (Å²) in [5.41, 5.74) is -1.05. The highest BCUT2D eigenvalue weighted by atomic mass is 16.5. The third-order valence-electron chi connectivity index (χ3n) is 4.59. The van der Waals surface area contributed by atoms with E-state index >= 15 is 0 Å². The van der Waals surface area contributed by atoms with Crippen LogP contribution in [0.2, 0.25) is 0 Å². The molecule has 2 atom stereocenters. The molecule has 0 amide bonds. The minimum Gasteiger partial charge on any atom is -0.396 e. The molecule has 3 nitrogen and oxygen atoms in total. The average molecular weight is 244 g/mol. The SMILES string of the molecule is COCC(C)(CO)C1(O)CCCC(C)(C)CC1. The number of aliphatic hydroxyl groups excluding tert-OH is 1. The summed E-state index contributed by atoms with van der Waals surface area (Å²) in [7, 11) is 1.62. The lowest BCUT2D eigenvalue weighted by atomic mass is 9.69. The Morgan fingerprint density at radius 1 is 1.18 bits per heavy atom. The maximum Gasteiger partial charge on any atom is 0.0745 e. The summed E-state index contributed by atoms with van der Waals surface area (Å²) in [6, 6.07) is 0. The van der Waals surface area contributed by atoms with E-state index in [4.69, 9.17) is 4.74 Å². The lowest BCUT2D eigenvalue weighted by molar-refractivity contribution is -0.137. The molecule has 0 aromatic heterocycles. The fourth-order valence-electron chi connectivity index (χ4n) is 2.90. The third-order valence-corrected chi connectivity index (χ3v) is 4.59. The smallest absolute Gasteiger partial charge is 0.0745 e. The molecule has 1 rings (SSSR count). The summed E-state index contributed by atoms with van der Waals surface area (Å²) >= 11 is 0. The van der Waals surface area contributed by atoms with E-state index in [9.17, 15) is 10.2 Å². The van der Waals surface area contributed by atoms with Crippen LogP contribution in [-0.2, 0) is 4.74 Å². The van der Waals surface area contributed by atoms with Gasteiger partial charge in [0.2, 0.25) is 0 Å². The quantitative estimate of drug-likeness (QED) is 0.746. The summed E-state index contributed by atoms with van der Waals surface area (Å²) in [6.45, 7) is 6.81. The Balaban J connectivity index is 2.85. The Morgan fingerprint density at radius 2 is 1.82 bits per heavy atom. The molecule has 1 aliphatic carbocycles. The zero-order valence-corrected chi connectivity index (χ0v) is 11.8. The van der Waals surface area contributed by atoms with Crippen molar-refractivity contribution in [2.75, 3.05) is 20.3 Å². The van der Waals surface area contributed by atoms with Crippen molar-refractivity contribution in [3.05, 3.63) is 0 Å². The molecule has 0 aliphatic heterocycles. The highest BCUT2D eigenvalue weighted by Gasteiger charge is 2.48. The van der Waals surface area contributed by atoms with Crippen molar-refractivity contribution >= 4 is 0 Å². The first-order valence-electron chi connectivity index (χ1n) is 6.61. The van der Waals surface area contributed by atoms with Gasteiger partial charge in [-0.15, -0.1) is 0 Å². The van der Waals surface area contributed by atoms with Crippen molar-refractivity contribution in [3.8, 4) is 0 Å². The maximum atomic E-state index is 10.9. The predicted molar refractivity (Wildman–Crippen MR) is 68.9 cm³/mol. The summed E-state index contributed by atoms with van der Waals surface area (Å²) in [4.78, 5) is 0. The van der Waals surface area contributed by atoms with E-state index in [0.29, 0.717) is 12.0 Å². The van der Waals surface area contributed by atoms with Gasteiger partial charge in [0.15, 0.2) is 0 Å². The van der Waals surface area contributed by atoms with E-state index in [-0.39, 0.29) is 6.61 Å². The lowest BCUT2D eigenvalue weighted by Crippen LogP contribution is -2.51. The van der Waals surface area contributed by atoms with Gasteiger partial charge >= 0.3 is 0 Å². The topological polar surface area (TPSA) is 49.7 Å². The number of aliphatic hydroxyl groups is 2. The summed E-state index contributed by atoms with van der Waals surface area (Å²) in [6.07, 6.45) is 4.67. The van der Waals surface area contributed by atoms with Crippen LogP contribution in [0.1, 0.15) is 52.9 Å². The van der Waals surface area contributed by atoms with Gasteiger partial charge in [0.05, 0.1) is 18.8 Å². The number of rotatable bonds is 4. The molecule has 2 unspecified atom stereocenters. The van der Waals surface area contributed by atoms with Gasteiger partial charge in [-0.2, -0.15) is 0 Å². The second kappa shape index (κ2) is 5.25. The van der Waals surface area contributed by atoms with E-state index in [1.807, 2.05) is 6.92 Å². The van der Waals surface area contributed by atoms with Gasteiger partial charge in [0, 0.05) is 12.5 Å². The Kier molecular flexibility index (Phi) is 4.61. The Hall–Kier alpha value is -0.120. The highest BCUT2D eigenvalue weighted by molar-refractivity contribution is 4.98. The molecule has 102 valence electrons. The van der Waals surface area contributed by atoms with Crippen molar-refractivity contribution < 1.29 is 14.9 Å². The van der Waals surface area contributed by atoms with Gasteiger partial charge in [-0.25, -0.2) is 0 Å². The van der Waals surface area contributed by atoms with E-state index < -0.39 is 11.0 Å². The van der Waals surface area contributed by atoms with Gasteiger partial charge in [-0.3, -0.25) is 0 Å². The molecule has 1 saturated carbocycles. The Labute approximate surface area is 105 Å². The maximum absolute atomic E-state index is 10.9. The summed E-state index contributed by atoms with van der Waals surface area (Å²) in [5, 5.41) is 20.5. The number of ether oxygens (including phenoxy) is 1. The molecule has 0 heterocycles. The van der Waals surface area contributed by atoms with Gasteiger partial charge in [-0.1, -0.05) is 27.2 Å². The fourth-order valence-corrected chi connectivity index (χ4v) is 2.90. The Bertz CT molecular complexity index is 252. The third kappa shape index (κ3) is 3.21. The second-order valence-corrected chi connectivity index (χ2v) is 6.70. The van der Waals surface area contributed by atoms with Crippen LogP contribution in [-0.4, -0.2) is 36.1 Å². The second-order valence-electron chi connectivity index (χ2n) is 6.70. The fraction of sp³-hybridized carbons (Fsp3) is 1.00. The average Bonchev–Trinajstić information content (AvgIpc) is 2.39. The van der Waals surface area contributed by atoms with Crippen LogP contribution in [0.4, 0.5) is 0 Å². The number of hydrogen-bond donors (Lipinski definition) is 2. The molecule has 0 saturated heterocycles. The first-order valence-corrected chi connectivity index (χ1v) is 6.61. The van der Waals surface area contributed by atoms with Gasteiger partial charge in [0.1, 0.15) is 0 Å². The van der Waals surface area contributed by atoms with Crippen LogP contribution in [0.5, 0.6) is 0 Å². The molecule has 0 bridgehead atoms. The van der Waals surface area contributed by atoms with Gasteiger partial charge in [-0.05, 0) is 31.1 Å². The molecule has 0 aromatic rings. The highest BCUT2D eigenvalue weighted by Crippen LogP contribution is 2.45. The molecule has 1 fully saturated rings. The first kappa shape index (κ1) is 14.9. The number of methoxy groups -OCH3 is 1. The minimum absolute atomic E-state index is 0.0300. The number of hydrogen-bond acceptors (Lipinski definition) is 3. The summed E-state index contributed by atoms with van der Waals surface area (Å²) < 4.78 is 5.19. The van der Waals surface area contributed by atoms with Gasteiger partial charge in [0.25, 0.3) is 0 Å². The van der Waals surface area contributed by atoms with E-state index in [1.54, 1.807) is 7.11 Å².